The SMILES string of the molecule is N=C(N)N1CCC(OCCC2CCCCN2C(=O)C(CC(=O)O)NCC2CCCCC2)CC1. The molecule has 9 nitrogen and oxygen atoms in total. The monoisotopic (exact) mass is 465 g/mol. The number of nitrogens with two attached hydrogens (primary N) is 1. The van der Waals surface area contributed by atoms with Crippen LogP contribution in [0.3, 0.4) is 0 Å². The zero-order valence-corrected chi connectivity index (χ0v) is 20.0. The summed E-state index contributed by atoms with van der Waals surface area (Å²) in [5.41, 5.74) is 5.56. The van der Waals surface area contributed by atoms with Crippen LogP contribution in [0.15, 0.2) is 0 Å². The first-order valence-corrected chi connectivity index (χ1v) is 12.9. The van der Waals surface area contributed by atoms with E-state index in [4.69, 9.17) is 15.9 Å². The van der Waals surface area contributed by atoms with Crippen LogP contribution in [-0.4, -0.2) is 83.7 Å². The van der Waals surface area contributed by atoms with E-state index in [1.807, 2.05) is 9.80 Å². The van der Waals surface area contributed by atoms with Crippen LogP contribution < -0.4 is 11.1 Å². The highest BCUT2D eigenvalue weighted by Gasteiger charge is 2.33. The molecule has 1 amide bonds. The van der Waals surface area contributed by atoms with Crippen molar-refractivity contribution in [1.82, 2.24) is 15.1 Å². The van der Waals surface area contributed by atoms with Crippen molar-refractivity contribution in [1.29, 1.82) is 5.41 Å². The van der Waals surface area contributed by atoms with E-state index in [-0.39, 0.29) is 30.4 Å². The number of hydrogen-bond acceptors (Lipinski definition) is 5. The third-order valence-corrected chi connectivity index (χ3v) is 7.55. The number of nitrogens with one attached hydrogen (secondary N) is 2. The normalized spacial score (nSPS) is 23.9. The number of amides is 1. The number of ether oxygens (including phenoxy) is 1. The lowest BCUT2D eigenvalue weighted by Gasteiger charge is -2.39. The number of nitrogens with zero attached hydrogens (tertiary/aromatic N) is 2. The summed E-state index contributed by atoms with van der Waals surface area (Å²) >= 11 is 0. The molecule has 188 valence electrons. The molecule has 0 radical (unpaired) electrons. The van der Waals surface area contributed by atoms with Crippen molar-refractivity contribution in [2.24, 2.45) is 11.7 Å². The molecule has 1 saturated carbocycles. The molecular weight excluding hydrogens is 422 g/mol. The first-order chi connectivity index (χ1) is 15.9. The summed E-state index contributed by atoms with van der Waals surface area (Å²) in [6, 6.07) is -0.543. The van der Waals surface area contributed by atoms with Crippen molar-refractivity contribution < 1.29 is 19.4 Å². The van der Waals surface area contributed by atoms with Crippen LogP contribution in [0.5, 0.6) is 0 Å². The standard InChI is InChI=1S/C24H43N5O4/c25-24(26)28-13-9-20(10-14-28)33-15-11-19-8-4-5-12-29(19)23(32)21(16-22(30)31)27-17-18-6-2-1-3-7-18/h18-21,27H,1-17H2,(H3,25,26)(H,30,31). The highest BCUT2D eigenvalue weighted by atomic mass is 16.5. The fourth-order valence-corrected chi connectivity index (χ4v) is 5.55. The lowest BCUT2D eigenvalue weighted by atomic mass is 9.89. The number of piperidine rings is 2. The smallest absolute Gasteiger partial charge is 0.305 e. The Balaban J connectivity index is 1.49. The van der Waals surface area contributed by atoms with Crippen LogP contribution in [0.4, 0.5) is 0 Å². The van der Waals surface area contributed by atoms with Gasteiger partial charge in [-0.15, -0.1) is 0 Å². The maximum absolute atomic E-state index is 13.4. The van der Waals surface area contributed by atoms with Crippen LogP contribution in [0.1, 0.15) is 77.0 Å². The second-order valence-corrected chi connectivity index (χ2v) is 9.98. The van der Waals surface area contributed by atoms with Gasteiger partial charge >= 0.3 is 5.97 Å². The van der Waals surface area contributed by atoms with E-state index in [0.717, 1.165) is 71.0 Å². The first-order valence-electron chi connectivity index (χ1n) is 12.9. The molecule has 33 heavy (non-hydrogen) atoms. The van der Waals surface area contributed by atoms with Crippen molar-refractivity contribution in [3.05, 3.63) is 0 Å². The zero-order valence-electron chi connectivity index (χ0n) is 20.0. The molecule has 2 atom stereocenters. The number of hydrogen-bond donors (Lipinski definition) is 4. The number of carbonyl (C=O) groups is 2. The van der Waals surface area contributed by atoms with Gasteiger partial charge in [-0.3, -0.25) is 15.0 Å². The number of aliphatic carboxylic acids is 1. The third kappa shape index (κ3) is 8.14. The van der Waals surface area contributed by atoms with Gasteiger partial charge in [0, 0.05) is 32.3 Å². The summed E-state index contributed by atoms with van der Waals surface area (Å²) in [7, 11) is 0. The highest BCUT2D eigenvalue weighted by Crippen LogP contribution is 2.25. The fraction of sp³-hybridized carbons (Fsp3) is 0.875. The Bertz CT molecular complexity index is 647. The summed E-state index contributed by atoms with van der Waals surface area (Å²) in [6.45, 7) is 3.51. The Morgan fingerprint density at radius 2 is 1.73 bits per heavy atom. The van der Waals surface area contributed by atoms with Crippen LogP contribution in [-0.2, 0) is 14.3 Å². The highest BCUT2D eigenvalue weighted by molar-refractivity contribution is 5.86. The Morgan fingerprint density at radius 1 is 1.03 bits per heavy atom. The number of guanidine groups is 1. The maximum atomic E-state index is 13.4. The molecule has 0 bridgehead atoms. The molecule has 0 aromatic heterocycles. The molecule has 3 fully saturated rings. The first kappa shape index (κ1) is 25.7. The van der Waals surface area contributed by atoms with Crippen molar-refractivity contribution in [3.63, 3.8) is 0 Å². The van der Waals surface area contributed by atoms with Crippen molar-refractivity contribution >= 4 is 17.8 Å². The molecule has 3 aliphatic rings. The van der Waals surface area contributed by atoms with Crippen LogP contribution in [0.25, 0.3) is 0 Å². The van der Waals surface area contributed by atoms with Crippen LogP contribution >= 0.6 is 0 Å². The Hall–Kier alpha value is -1.87. The Labute approximate surface area is 197 Å². The van der Waals surface area contributed by atoms with E-state index in [2.05, 4.69) is 5.32 Å². The van der Waals surface area contributed by atoms with E-state index in [1.165, 1.54) is 19.3 Å². The predicted octanol–water partition coefficient (Wildman–Crippen LogP) is 2.15. The van der Waals surface area contributed by atoms with Gasteiger partial charge in [0.1, 0.15) is 0 Å². The van der Waals surface area contributed by atoms with Crippen LogP contribution in [0, 0.1) is 11.3 Å². The number of carboxylic acids is 1. The second-order valence-electron chi connectivity index (χ2n) is 9.98. The third-order valence-electron chi connectivity index (χ3n) is 7.55. The van der Waals surface area contributed by atoms with Crippen molar-refractivity contribution in [3.8, 4) is 0 Å². The van der Waals surface area contributed by atoms with Crippen molar-refractivity contribution in [2.45, 2.75) is 95.2 Å². The maximum Gasteiger partial charge on any atom is 0.305 e. The van der Waals surface area contributed by atoms with Gasteiger partial charge in [0.2, 0.25) is 5.91 Å². The van der Waals surface area contributed by atoms with E-state index < -0.39 is 12.0 Å². The largest absolute Gasteiger partial charge is 0.481 e. The van der Waals surface area contributed by atoms with Gasteiger partial charge in [-0.25, -0.2) is 0 Å². The minimum Gasteiger partial charge on any atom is -0.481 e. The van der Waals surface area contributed by atoms with Gasteiger partial charge < -0.3 is 30.7 Å². The zero-order chi connectivity index (χ0) is 23.6. The number of carbonyl (C=O) groups excluding carboxylic acids is 1. The van der Waals surface area contributed by atoms with Gasteiger partial charge in [-0.05, 0) is 63.8 Å². The lowest BCUT2D eigenvalue weighted by Crippen LogP contribution is -2.53. The van der Waals surface area contributed by atoms with E-state index >= 15 is 0 Å². The molecule has 3 rings (SSSR count). The topological polar surface area (TPSA) is 132 Å². The molecule has 9 heteroatoms. The van der Waals surface area contributed by atoms with E-state index in [9.17, 15) is 14.7 Å². The molecule has 0 spiro atoms. The molecule has 2 saturated heterocycles. The van der Waals surface area contributed by atoms with E-state index in [1.54, 1.807) is 0 Å². The fourth-order valence-electron chi connectivity index (χ4n) is 5.55. The van der Waals surface area contributed by atoms with Gasteiger partial charge in [-0.1, -0.05) is 19.3 Å². The molecule has 2 unspecified atom stereocenters. The number of likely N-dealkylation sites (tertiary alicyclic amines) is 2. The molecular formula is C24H43N5O4. The Kier molecular flexibility index (Phi) is 10.2. The molecule has 1 aliphatic carbocycles. The summed E-state index contributed by atoms with van der Waals surface area (Å²) in [5, 5.41) is 20.3. The van der Waals surface area contributed by atoms with Gasteiger partial charge in [0.15, 0.2) is 5.96 Å². The minimum atomic E-state index is -0.932. The van der Waals surface area contributed by atoms with E-state index in [0.29, 0.717) is 19.1 Å². The van der Waals surface area contributed by atoms with Crippen LogP contribution in [0.2, 0.25) is 0 Å². The average Bonchev–Trinajstić information content (AvgIpc) is 2.82. The second kappa shape index (κ2) is 13.1. The molecule has 0 aromatic rings. The number of rotatable bonds is 10. The molecule has 0 aromatic carbocycles. The molecule has 2 heterocycles. The van der Waals surface area contributed by atoms with Crippen molar-refractivity contribution in [2.75, 3.05) is 32.8 Å². The molecule has 2 aliphatic heterocycles. The van der Waals surface area contributed by atoms with Gasteiger partial charge in [0.25, 0.3) is 0 Å². The average molecular weight is 466 g/mol. The quantitative estimate of drug-likeness (QED) is 0.287. The predicted molar refractivity (Wildman–Crippen MR) is 127 cm³/mol. The number of carboxylic acid groups (broad SMARTS) is 1. The minimum absolute atomic E-state index is 0.0623. The summed E-state index contributed by atoms with van der Waals surface area (Å²) in [4.78, 5) is 28.7. The summed E-state index contributed by atoms with van der Waals surface area (Å²) < 4.78 is 6.11. The summed E-state index contributed by atoms with van der Waals surface area (Å²) in [5.74, 6) is -0.327. The van der Waals surface area contributed by atoms with Gasteiger partial charge in [-0.2, -0.15) is 0 Å². The van der Waals surface area contributed by atoms with Gasteiger partial charge in [0.05, 0.1) is 18.6 Å². The lowest BCUT2D eigenvalue weighted by molar-refractivity contribution is -0.144. The Morgan fingerprint density at radius 3 is 2.39 bits per heavy atom. The molecule has 5 N–H and O–H groups in total. The summed E-state index contributed by atoms with van der Waals surface area (Å²) in [6.07, 6.45) is 11.6.